The molecule has 0 aliphatic carbocycles. The molecule has 8 nitrogen and oxygen atoms in total. The molecule has 0 aromatic heterocycles. The maximum Gasteiger partial charge on any atom is 0.271 e. The quantitative estimate of drug-likeness (QED) is 0.595. The van der Waals surface area contributed by atoms with E-state index in [4.69, 9.17) is 9.47 Å². The third-order valence-electron chi connectivity index (χ3n) is 4.74. The molecular weight excluding hydrogens is 394 g/mol. The Hall–Kier alpha value is -2.91. The number of carbonyl (C=O) groups is 1. The highest BCUT2D eigenvalue weighted by molar-refractivity contribution is 7.89. The summed E-state index contributed by atoms with van der Waals surface area (Å²) in [5, 5.41) is 3.96. The van der Waals surface area contributed by atoms with Crippen molar-refractivity contribution < 1.29 is 22.7 Å². The summed E-state index contributed by atoms with van der Waals surface area (Å²) in [6.45, 7) is 2.03. The van der Waals surface area contributed by atoms with E-state index in [2.05, 4.69) is 10.5 Å². The number of sulfonamides is 1. The maximum absolute atomic E-state index is 12.7. The first-order chi connectivity index (χ1) is 14.0. The van der Waals surface area contributed by atoms with Gasteiger partial charge in [-0.05, 0) is 54.8 Å². The third kappa shape index (κ3) is 4.25. The standard InChI is InChI=1S/C20H21N3O5S/c24-20(22-21-14-15-6-7-18-19(12-15)28-11-10-27-18)16-4-3-5-17(13-16)29(25,26)23-8-1-2-9-23/h3-7,12-14H,1-2,8-11H2,(H,22,24)/b21-14-. The van der Waals surface area contributed by atoms with Crippen LogP contribution in [0.3, 0.4) is 0 Å². The maximum atomic E-state index is 12.7. The lowest BCUT2D eigenvalue weighted by atomic mass is 10.2. The van der Waals surface area contributed by atoms with E-state index in [0.717, 1.165) is 18.4 Å². The van der Waals surface area contributed by atoms with Crippen LogP contribution < -0.4 is 14.9 Å². The molecule has 0 radical (unpaired) electrons. The number of fused-ring (bicyclic) bond motifs is 1. The highest BCUT2D eigenvalue weighted by Gasteiger charge is 2.27. The van der Waals surface area contributed by atoms with Gasteiger partial charge in [-0.2, -0.15) is 9.41 Å². The summed E-state index contributed by atoms with van der Waals surface area (Å²) >= 11 is 0. The smallest absolute Gasteiger partial charge is 0.271 e. The number of hydrogen-bond acceptors (Lipinski definition) is 6. The van der Waals surface area contributed by atoms with Gasteiger partial charge in [0.2, 0.25) is 10.0 Å². The van der Waals surface area contributed by atoms with E-state index in [-0.39, 0.29) is 10.5 Å². The largest absolute Gasteiger partial charge is 0.486 e. The molecule has 2 aliphatic heterocycles. The van der Waals surface area contributed by atoms with Crippen LogP contribution in [0.5, 0.6) is 11.5 Å². The Labute approximate surface area is 169 Å². The number of hydrazone groups is 1. The van der Waals surface area contributed by atoms with Gasteiger partial charge in [0.15, 0.2) is 11.5 Å². The van der Waals surface area contributed by atoms with Crippen LogP contribution in [0.4, 0.5) is 0 Å². The number of amides is 1. The predicted octanol–water partition coefficient (Wildman–Crippen LogP) is 2.01. The average molecular weight is 415 g/mol. The molecule has 1 N–H and O–H groups in total. The van der Waals surface area contributed by atoms with Crippen molar-refractivity contribution in [1.82, 2.24) is 9.73 Å². The van der Waals surface area contributed by atoms with E-state index in [9.17, 15) is 13.2 Å². The summed E-state index contributed by atoms with van der Waals surface area (Å²) in [4.78, 5) is 12.5. The van der Waals surface area contributed by atoms with Crippen molar-refractivity contribution in [3.63, 3.8) is 0 Å². The van der Waals surface area contributed by atoms with Crippen molar-refractivity contribution in [3.05, 3.63) is 53.6 Å². The van der Waals surface area contributed by atoms with Crippen LogP contribution in [0, 0.1) is 0 Å². The lowest BCUT2D eigenvalue weighted by Crippen LogP contribution is -2.28. The minimum Gasteiger partial charge on any atom is -0.486 e. The van der Waals surface area contributed by atoms with E-state index in [1.165, 1.54) is 22.7 Å². The zero-order valence-corrected chi connectivity index (χ0v) is 16.5. The predicted molar refractivity (Wildman–Crippen MR) is 107 cm³/mol. The van der Waals surface area contributed by atoms with E-state index < -0.39 is 15.9 Å². The zero-order valence-electron chi connectivity index (χ0n) is 15.7. The van der Waals surface area contributed by atoms with Crippen molar-refractivity contribution in [2.45, 2.75) is 17.7 Å². The number of benzene rings is 2. The summed E-state index contributed by atoms with van der Waals surface area (Å²) in [5.41, 5.74) is 3.39. The number of carbonyl (C=O) groups excluding carboxylic acids is 1. The van der Waals surface area contributed by atoms with Crippen molar-refractivity contribution >= 4 is 22.1 Å². The number of nitrogens with zero attached hydrogens (tertiary/aromatic N) is 2. The second-order valence-electron chi connectivity index (χ2n) is 6.74. The third-order valence-corrected chi connectivity index (χ3v) is 6.64. The van der Waals surface area contributed by atoms with Crippen LogP contribution in [-0.4, -0.2) is 51.1 Å². The molecule has 29 heavy (non-hydrogen) atoms. The summed E-state index contributed by atoms with van der Waals surface area (Å²) < 4.78 is 37.8. The summed E-state index contributed by atoms with van der Waals surface area (Å²) in [6, 6.07) is 11.3. The molecule has 2 aliphatic rings. The first-order valence-electron chi connectivity index (χ1n) is 9.37. The van der Waals surface area contributed by atoms with Crippen LogP contribution in [0.1, 0.15) is 28.8 Å². The average Bonchev–Trinajstić information content (AvgIpc) is 3.29. The number of nitrogens with one attached hydrogen (secondary N) is 1. The molecule has 2 aromatic rings. The Morgan fingerprint density at radius 1 is 1.03 bits per heavy atom. The van der Waals surface area contributed by atoms with E-state index in [0.29, 0.717) is 37.8 Å². The first kappa shape index (κ1) is 19.4. The second-order valence-corrected chi connectivity index (χ2v) is 8.68. The van der Waals surface area contributed by atoms with Gasteiger partial charge in [-0.1, -0.05) is 6.07 Å². The van der Waals surface area contributed by atoms with Crippen LogP contribution >= 0.6 is 0 Å². The molecule has 0 saturated carbocycles. The van der Waals surface area contributed by atoms with Crippen molar-refractivity contribution in [2.24, 2.45) is 5.10 Å². The van der Waals surface area contributed by atoms with Gasteiger partial charge in [0.05, 0.1) is 11.1 Å². The molecule has 1 fully saturated rings. The molecule has 9 heteroatoms. The fraction of sp³-hybridized carbons (Fsp3) is 0.300. The Bertz CT molecular complexity index is 1050. The fourth-order valence-corrected chi connectivity index (χ4v) is 4.81. The molecule has 0 spiro atoms. The molecule has 0 bridgehead atoms. The van der Waals surface area contributed by atoms with Crippen LogP contribution in [0.15, 0.2) is 52.5 Å². The molecule has 4 rings (SSSR count). The van der Waals surface area contributed by atoms with Gasteiger partial charge in [-0.25, -0.2) is 13.8 Å². The van der Waals surface area contributed by atoms with Crippen molar-refractivity contribution in [3.8, 4) is 11.5 Å². The number of hydrogen-bond donors (Lipinski definition) is 1. The molecule has 1 saturated heterocycles. The molecule has 0 atom stereocenters. The van der Waals surface area contributed by atoms with Crippen LogP contribution in [-0.2, 0) is 10.0 Å². The Morgan fingerprint density at radius 2 is 1.79 bits per heavy atom. The second kappa shape index (κ2) is 8.22. The normalized spacial score (nSPS) is 16.8. The van der Waals surface area contributed by atoms with Gasteiger partial charge < -0.3 is 9.47 Å². The molecule has 152 valence electrons. The lowest BCUT2D eigenvalue weighted by molar-refractivity contribution is 0.0955. The SMILES string of the molecule is O=C(N/N=C\c1ccc2c(c1)OCCO2)c1cccc(S(=O)(=O)N2CCCC2)c1. The van der Waals surface area contributed by atoms with Gasteiger partial charge in [0.1, 0.15) is 13.2 Å². The summed E-state index contributed by atoms with van der Waals surface area (Å²) in [7, 11) is -3.58. The molecule has 0 unspecified atom stereocenters. The highest BCUT2D eigenvalue weighted by Crippen LogP contribution is 2.30. The monoisotopic (exact) mass is 415 g/mol. The summed E-state index contributed by atoms with van der Waals surface area (Å²) in [6.07, 6.45) is 3.20. The Kier molecular flexibility index (Phi) is 5.50. The van der Waals surface area contributed by atoms with E-state index >= 15 is 0 Å². The zero-order chi connectivity index (χ0) is 20.3. The van der Waals surface area contributed by atoms with Gasteiger partial charge in [0.25, 0.3) is 5.91 Å². The molecular formula is C20H21N3O5S. The number of ether oxygens (including phenoxy) is 2. The molecule has 1 amide bonds. The minimum atomic E-state index is -3.58. The Balaban J connectivity index is 1.44. The van der Waals surface area contributed by atoms with E-state index in [1.54, 1.807) is 30.3 Å². The number of rotatable bonds is 5. The lowest BCUT2D eigenvalue weighted by Gasteiger charge is -2.18. The fourth-order valence-electron chi connectivity index (χ4n) is 3.25. The van der Waals surface area contributed by atoms with Gasteiger partial charge >= 0.3 is 0 Å². The first-order valence-corrected chi connectivity index (χ1v) is 10.8. The Morgan fingerprint density at radius 3 is 2.59 bits per heavy atom. The van der Waals surface area contributed by atoms with E-state index in [1.807, 2.05) is 0 Å². The molecule has 2 heterocycles. The van der Waals surface area contributed by atoms with Crippen LogP contribution in [0.2, 0.25) is 0 Å². The van der Waals surface area contributed by atoms with Gasteiger partial charge in [0, 0.05) is 18.7 Å². The minimum absolute atomic E-state index is 0.114. The van der Waals surface area contributed by atoms with Crippen LogP contribution in [0.25, 0.3) is 0 Å². The van der Waals surface area contributed by atoms with Crippen molar-refractivity contribution in [1.29, 1.82) is 0 Å². The van der Waals surface area contributed by atoms with Gasteiger partial charge in [-0.3, -0.25) is 4.79 Å². The van der Waals surface area contributed by atoms with Crippen molar-refractivity contribution in [2.75, 3.05) is 26.3 Å². The van der Waals surface area contributed by atoms with Gasteiger partial charge in [-0.15, -0.1) is 0 Å². The molecule has 2 aromatic carbocycles. The topological polar surface area (TPSA) is 97.3 Å². The highest BCUT2D eigenvalue weighted by atomic mass is 32.2. The summed E-state index contributed by atoms with van der Waals surface area (Å²) in [5.74, 6) is 0.817.